The molecular formula is C25H28N6O3. The summed E-state index contributed by atoms with van der Waals surface area (Å²) in [5.74, 6) is 1.63. The third-order valence-electron chi connectivity index (χ3n) is 6.44. The molecule has 4 aromatic rings. The van der Waals surface area contributed by atoms with Crippen molar-refractivity contribution in [3.05, 3.63) is 86.8 Å². The molecule has 0 atom stereocenters. The molecule has 0 spiro atoms. The number of ether oxygens (including phenoxy) is 1. The number of aromatic amines is 1. The lowest BCUT2D eigenvalue weighted by atomic mass is 10.2. The van der Waals surface area contributed by atoms with Crippen LogP contribution in [-0.4, -0.2) is 57.3 Å². The number of benzene rings is 2. The van der Waals surface area contributed by atoms with Crippen LogP contribution in [0.5, 0.6) is 5.75 Å². The van der Waals surface area contributed by atoms with E-state index in [1.54, 1.807) is 14.2 Å². The second-order valence-corrected chi connectivity index (χ2v) is 8.55. The van der Waals surface area contributed by atoms with Crippen molar-refractivity contribution in [3.63, 3.8) is 0 Å². The number of aromatic nitrogens is 4. The third kappa shape index (κ3) is 4.22. The van der Waals surface area contributed by atoms with E-state index in [1.165, 1.54) is 10.3 Å². The lowest BCUT2D eigenvalue weighted by Crippen LogP contribution is -2.46. The first-order valence-corrected chi connectivity index (χ1v) is 11.4. The van der Waals surface area contributed by atoms with Crippen LogP contribution in [0.15, 0.2) is 64.2 Å². The summed E-state index contributed by atoms with van der Waals surface area (Å²) in [6.07, 6.45) is 0. The van der Waals surface area contributed by atoms with Crippen LogP contribution in [0.3, 0.4) is 0 Å². The summed E-state index contributed by atoms with van der Waals surface area (Å²) in [6.45, 7) is 4.64. The van der Waals surface area contributed by atoms with E-state index in [2.05, 4.69) is 26.9 Å². The minimum atomic E-state index is -0.457. The Labute approximate surface area is 196 Å². The van der Waals surface area contributed by atoms with Gasteiger partial charge in [0, 0.05) is 45.5 Å². The first-order valence-electron chi connectivity index (χ1n) is 11.4. The average molecular weight is 461 g/mol. The molecule has 9 nitrogen and oxygen atoms in total. The maximum atomic E-state index is 12.8. The van der Waals surface area contributed by atoms with Crippen LogP contribution in [0, 0.1) is 0 Å². The molecule has 0 amide bonds. The van der Waals surface area contributed by atoms with Crippen molar-refractivity contribution in [1.82, 2.24) is 24.0 Å². The number of hydrogen-bond donors (Lipinski definition) is 1. The minimum Gasteiger partial charge on any atom is -0.497 e. The van der Waals surface area contributed by atoms with Crippen LogP contribution in [0.2, 0.25) is 0 Å². The Kier molecular flexibility index (Phi) is 5.93. The SMILES string of the molecule is COc1ccc(N2CCN(Cc3nc4c(c(=O)[nH]c(=O)n4C)n3Cc3ccccc3)CC2)cc1. The van der Waals surface area contributed by atoms with Crippen LogP contribution < -0.4 is 20.9 Å². The zero-order chi connectivity index (χ0) is 23.7. The van der Waals surface area contributed by atoms with Gasteiger partial charge in [-0.1, -0.05) is 30.3 Å². The van der Waals surface area contributed by atoms with Crippen molar-refractivity contribution in [2.75, 3.05) is 38.2 Å². The van der Waals surface area contributed by atoms with E-state index in [-0.39, 0.29) is 0 Å². The Bertz CT molecular complexity index is 1400. The molecule has 0 aliphatic carbocycles. The van der Waals surface area contributed by atoms with Gasteiger partial charge >= 0.3 is 5.69 Å². The van der Waals surface area contributed by atoms with Crippen LogP contribution in [-0.2, 0) is 20.1 Å². The number of hydrogen-bond acceptors (Lipinski definition) is 6. The standard InChI is InChI=1S/C25H28N6O3/c1-28-23-22(24(32)27-25(28)33)31(16-18-6-4-3-5-7-18)21(26-23)17-29-12-14-30(15-13-29)19-8-10-20(34-2)11-9-19/h3-11H,12-17H2,1-2H3,(H,27,32,33). The smallest absolute Gasteiger partial charge is 0.329 e. The number of rotatable bonds is 6. The summed E-state index contributed by atoms with van der Waals surface area (Å²) < 4.78 is 8.61. The predicted octanol–water partition coefficient (Wildman–Crippen LogP) is 1.80. The second kappa shape index (κ2) is 9.18. The topological polar surface area (TPSA) is 88.4 Å². The molecule has 1 saturated heterocycles. The minimum absolute atomic E-state index is 0.405. The van der Waals surface area contributed by atoms with Gasteiger partial charge < -0.3 is 14.2 Å². The molecule has 0 radical (unpaired) electrons. The fourth-order valence-corrected chi connectivity index (χ4v) is 4.49. The van der Waals surface area contributed by atoms with Gasteiger partial charge in [0.25, 0.3) is 5.56 Å². The van der Waals surface area contributed by atoms with Gasteiger partial charge in [0.1, 0.15) is 11.6 Å². The number of piperazine rings is 1. The molecule has 1 aliphatic rings. The Morgan fingerprint density at radius 2 is 1.65 bits per heavy atom. The Hall–Kier alpha value is -3.85. The van der Waals surface area contributed by atoms with Gasteiger partial charge in [0.05, 0.1) is 13.7 Å². The van der Waals surface area contributed by atoms with Gasteiger partial charge in [0.15, 0.2) is 11.2 Å². The third-order valence-corrected chi connectivity index (χ3v) is 6.44. The second-order valence-electron chi connectivity index (χ2n) is 8.55. The average Bonchev–Trinajstić information content (AvgIpc) is 3.22. The number of imidazole rings is 1. The summed E-state index contributed by atoms with van der Waals surface area (Å²) in [5, 5.41) is 0. The highest BCUT2D eigenvalue weighted by Gasteiger charge is 2.22. The summed E-state index contributed by atoms with van der Waals surface area (Å²) in [4.78, 5) is 36.8. The van der Waals surface area contributed by atoms with Crippen LogP contribution in [0.25, 0.3) is 11.2 Å². The molecule has 5 rings (SSSR count). The van der Waals surface area contributed by atoms with E-state index >= 15 is 0 Å². The molecule has 1 aliphatic heterocycles. The highest BCUT2D eigenvalue weighted by atomic mass is 16.5. The van der Waals surface area contributed by atoms with Crippen molar-refractivity contribution in [1.29, 1.82) is 0 Å². The molecule has 1 fully saturated rings. The van der Waals surface area contributed by atoms with E-state index in [0.29, 0.717) is 24.3 Å². The highest BCUT2D eigenvalue weighted by molar-refractivity contribution is 5.71. The molecule has 2 aromatic carbocycles. The van der Waals surface area contributed by atoms with E-state index in [9.17, 15) is 9.59 Å². The van der Waals surface area contributed by atoms with Gasteiger partial charge in [-0.15, -0.1) is 0 Å². The monoisotopic (exact) mass is 460 g/mol. The quantitative estimate of drug-likeness (QED) is 0.472. The molecule has 0 unspecified atom stereocenters. The zero-order valence-corrected chi connectivity index (χ0v) is 19.4. The normalized spacial score (nSPS) is 14.6. The Morgan fingerprint density at radius 3 is 2.32 bits per heavy atom. The maximum absolute atomic E-state index is 12.8. The van der Waals surface area contributed by atoms with Gasteiger partial charge in [-0.25, -0.2) is 9.78 Å². The van der Waals surface area contributed by atoms with Crippen molar-refractivity contribution in [2.24, 2.45) is 7.05 Å². The molecular weight excluding hydrogens is 432 g/mol. The number of nitrogens with one attached hydrogen (secondary N) is 1. The Morgan fingerprint density at radius 1 is 0.941 bits per heavy atom. The molecule has 3 heterocycles. The van der Waals surface area contributed by atoms with Crippen molar-refractivity contribution >= 4 is 16.9 Å². The number of aryl methyl sites for hydroxylation is 1. The van der Waals surface area contributed by atoms with Gasteiger partial charge in [-0.05, 0) is 29.8 Å². The molecule has 9 heteroatoms. The molecule has 34 heavy (non-hydrogen) atoms. The maximum Gasteiger partial charge on any atom is 0.329 e. The van der Waals surface area contributed by atoms with E-state index < -0.39 is 11.2 Å². The molecule has 0 saturated carbocycles. The number of methoxy groups -OCH3 is 1. The van der Waals surface area contributed by atoms with Crippen molar-refractivity contribution in [3.8, 4) is 5.75 Å². The molecule has 2 aromatic heterocycles. The number of anilines is 1. The molecule has 0 bridgehead atoms. The van der Waals surface area contributed by atoms with Crippen LogP contribution >= 0.6 is 0 Å². The fourth-order valence-electron chi connectivity index (χ4n) is 4.49. The fraction of sp³-hybridized carbons (Fsp3) is 0.320. The number of nitrogens with zero attached hydrogens (tertiary/aromatic N) is 5. The van der Waals surface area contributed by atoms with Gasteiger partial charge in [0.2, 0.25) is 0 Å². The van der Waals surface area contributed by atoms with Crippen LogP contribution in [0.4, 0.5) is 5.69 Å². The summed E-state index contributed by atoms with van der Waals surface area (Å²) in [6, 6.07) is 18.1. The van der Waals surface area contributed by atoms with Crippen LogP contribution in [0.1, 0.15) is 11.4 Å². The summed E-state index contributed by atoms with van der Waals surface area (Å²) >= 11 is 0. The number of fused-ring (bicyclic) bond motifs is 1. The van der Waals surface area contributed by atoms with E-state index in [4.69, 9.17) is 9.72 Å². The molecule has 176 valence electrons. The zero-order valence-electron chi connectivity index (χ0n) is 19.4. The number of H-pyrrole nitrogens is 1. The first-order chi connectivity index (χ1) is 16.5. The summed E-state index contributed by atoms with van der Waals surface area (Å²) in [5.41, 5.74) is 2.23. The van der Waals surface area contributed by atoms with Crippen molar-refractivity contribution in [2.45, 2.75) is 13.1 Å². The van der Waals surface area contributed by atoms with Gasteiger partial charge in [-0.2, -0.15) is 0 Å². The lowest BCUT2D eigenvalue weighted by Gasteiger charge is -2.36. The first kappa shape index (κ1) is 22.0. The summed E-state index contributed by atoms with van der Waals surface area (Å²) in [7, 11) is 3.31. The molecule has 1 N–H and O–H groups in total. The highest BCUT2D eigenvalue weighted by Crippen LogP contribution is 2.22. The van der Waals surface area contributed by atoms with E-state index in [0.717, 1.165) is 43.3 Å². The largest absolute Gasteiger partial charge is 0.497 e. The Balaban J connectivity index is 1.40. The van der Waals surface area contributed by atoms with E-state index in [1.807, 2.05) is 47.0 Å². The van der Waals surface area contributed by atoms with Crippen molar-refractivity contribution < 1.29 is 4.74 Å². The lowest BCUT2D eigenvalue weighted by molar-refractivity contribution is 0.241. The van der Waals surface area contributed by atoms with Gasteiger partial charge in [-0.3, -0.25) is 19.2 Å². The predicted molar refractivity (Wildman–Crippen MR) is 132 cm³/mol.